The highest BCUT2D eigenvalue weighted by Gasteiger charge is 2.40. The van der Waals surface area contributed by atoms with Gasteiger partial charge in [0.1, 0.15) is 11.3 Å². The molecule has 0 atom stereocenters. The largest absolute Gasteiger partial charge is 0.496 e. The summed E-state index contributed by atoms with van der Waals surface area (Å²) in [5, 5.41) is 13.2. The van der Waals surface area contributed by atoms with Gasteiger partial charge in [0.15, 0.2) is 0 Å². The third kappa shape index (κ3) is 4.77. The second-order valence-electron chi connectivity index (χ2n) is 11.6. The minimum Gasteiger partial charge on any atom is -0.496 e. The molecule has 182 valence electrons. The summed E-state index contributed by atoms with van der Waals surface area (Å²) in [7, 11) is 1.51. The number of hydrogen-bond acceptors (Lipinski definition) is 4. The molecule has 1 fully saturated rings. The molecule has 2 N–H and O–H groups in total. The molecule has 1 heterocycles. The number of benzene rings is 2. The van der Waals surface area contributed by atoms with Gasteiger partial charge in [-0.2, -0.15) is 0 Å². The Hall–Kier alpha value is -3.02. The predicted molar refractivity (Wildman–Crippen MR) is 138 cm³/mol. The number of nitrogens with one attached hydrogen (secondary N) is 1. The van der Waals surface area contributed by atoms with Gasteiger partial charge in [0.25, 0.3) is 0 Å². The number of anilines is 2. The minimum atomic E-state index is -1.02. The average molecular weight is 464 g/mol. The maximum Gasteiger partial charge on any atom is 0.339 e. The predicted octanol–water partition coefficient (Wildman–Crippen LogP) is 7.39. The van der Waals surface area contributed by atoms with Gasteiger partial charge in [-0.25, -0.2) is 9.78 Å². The molecule has 34 heavy (non-hydrogen) atoms. The van der Waals surface area contributed by atoms with Gasteiger partial charge in [0.2, 0.25) is 5.95 Å². The number of methoxy groups -OCH3 is 1. The second-order valence-corrected chi connectivity index (χ2v) is 11.6. The lowest BCUT2D eigenvalue weighted by atomic mass is 9.63. The molecule has 1 aliphatic rings. The van der Waals surface area contributed by atoms with Gasteiger partial charge >= 0.3 is 5.97 Å². The van der Waals surface area contributed by atoms with Crippen molar-refractivity contribution >= 4 is 28.6 Å². The van der Waals surface area contributed by atoms with Crippen molar-refractivity contribution < 1.29 is 14.6 Å². The van der Waals surface area contributed by atoms with Gasteiger partial charge < -0.3 is 19.7 Å². The van der Waals surface area contributed by atoms with Crippen LogP contribution in [0.1, 0.15) is 88.7 Å². The van der Waals surface area contributed by atoms with Crippen LogP contribution in [0.2, 0.25) is 0 Å². The number of aromatic nitrogens is 2. The Morgan fingerprint density at radius 2 is 1.74 bits per heavy atom. The van der Waals surface area contributed by atoms with Gasteiger partial charge in [-0.1, -0.05) is 53.7 Å². The summed E-state index contributed by atoms with van der Waals surface area (Å²) in [5.41, 5.74) is 4.28. The summed E-state index contributed by atoms with van der Waals surface area (Å²) in [6.07, 6.45) is 3.20. The Kier molecular flexibility index (Phi) is 6.13. The van der Waals surface area contributed by atoms with Gasteiger partial charge in [-0.05, 0) is 59.8 Å². The molecule has 0 aliphatic heterocycles. The van der Waals surface area contributed by atoms with E-state index in [2.05, 4.69) is 75.7 Å². The molecule has 0 unspecified atom stereocenters. The van der Waals surface area contributed by atoms with Gasteiger partial charge in [0, 0.05) is 17.8 Å². The molecule has 0 radical (unpaired) electrons. The first kappa shape index (κ1) is 24.1. The van der Waals surface area contributed by atoms with Crippen molar-refractivity contribution in [3.8, 4) is 5.75 Å². The molecule has 4 rings (SSSR count). The molecule has 6 nitrogen and oxygen atoms in total. The third-order valence-electron chi connectivity index (χ3n) is 6.97. The molecule has 2 aromatic carbocycles. The van der Waals surface area contributed by atoms with Crippen molar-refractivity contribution in [3.05, 3.63) is 47.5 Å². The lowest BCUT2D eigenvalue weighted by Gasteiger charge is -2.45. The van der Waals surface area contributed by atoms with E-state index in [-0.39, 0.29) is 22.4 Å². The number of carboxylic acid groups (broad SMARTS) is 1. The van der Waals surface area contributed by atoms with E-state index in [1.807, 2.05) is 6.07 Å². The minimum absolute atomic E-state index is 0.122. The normalized spacial score (nSPS) is 17.8. The van der Waals surface area contributed by atoms with E-state index in [1.54, 1.807) is 6.07 Å². The maximum absolute atomic E-state index is 11.8. The van der Waals surface area contributed by atoms with E-state index >= 15 is 0 Å². The Morgan fingerprint density at radius 1 is 1.12 bits per heavy atom. The summed E-state index contributed by atoms with van der Waals surface area (Å²) in [5.74, 6) is 0.526. The molecule has 1 aromatic heterocycles. The lowest BCUT2D eigenvalue weighted by molar-refractivity contribution is 0.0693. The number of imidazole rings is 1. The van der Waals surface area contributed by atoms with Crippen LogP contribution in [0.25, 0.3) is 11.0 Å². The molecule has 0 bridgehead atoms. The quantitative estimate of drug-likeness (QED) is 0.399. The van der Waals surface area contributed by atoms with Crippen LogP contribution in [0.15, 0.2) is 36.4 Å². The summed E-state index contributed by atoms with van der Waals surface area (Å²) in [6.45, 7) is 13.7. The zero-order valence-electron chi connectivity index (χ0n) is 21.4. The molecule has 0 saturated heterocycles. The number of rotatable bonds is 6. The molecular formula is C28H37N3O3. The van der Waals surface area contributed by atoms with Crippen LogP contribution in [0.4, 0.5) is 11.6 Å². The molecule has 3 aromatic rings. The van der Waals surface area contributed by atoms with Gasteiger partial charge in [0.05, 0.1) is 18.1 Å². The standard InChI is InChI=1S/C28H37N3O3/c1-17(2)18-8-10-19(11-9-18)29-26-30-22-12-21(25(32)33)24(34-7)13-23(22)31(26)20-14-27(3,4)16-28(5,6)15-20/h8-13,17,20H,14-16H2,1-7H3,(H,29,30)(H,32,33). The number of nitrogens with zero attached hydrogens (tertiary/aromatic N) is 2. The van der Waals surface area contributed by atoms with Crippen LogP contribution in [0.3, 0.4) is 0 Å². The fourth-order valence-corrected chi connectivity index (χ4v) is 5.97. The Bertz CT molecular complexity index is 1190. The number of aromatic carboxylic acids is 1. The van der Waals surface area contributed by atoms with E-state index in [1.165, 1.54) is 12.7 Å². The zero-order chi connectivity index (χ0) is 24.8. The van der Waals surface area contributed by atoms with E-state index in [4.69, 9.17) is 9.72 Å². The zero-order valence-corrected chi connectivity index (χ0v) is 21.4. The van der Waals surface area contributed by atoms with Crippen molar-refractivity contribution in [2.75, 3.05) is 12.4 Å². The number of hydrogen-bond donors (Lipinski definition) is 2. The molecular weight excluding hydrogens is 426 g/mol. The van der Waals surface area contributed by atoms with Crippen LogP contribution in [-0.4, -0.2) is 27.7 Å². The first-order chi connectivity index (χ1) is 15.9. The number of ether oxygens (including phenoxy) is 1. The number of fused-ring (bicyclic) bond motifs is 1. The summed E-state index contributed by atoms with van der Waals surface area (Å²) in [6, 6.07) is 12.1. The lowest BCUT2D eigenvalue weighted by Crippen LogP contribution is -2.35. The smallest absolute Gasteiger partial charge is 0.339 e. The first-order valence-corrected chi connectivity index (χ1v) is 12.1. The van der Waals surface area contributed by atoms with Crippen LogP contribution in [0.5, 0.6) is 5.75 Å². The highest BCUT2D eigenvalue weighted by Crippen LogP contribution is 2.51. The average Bonchev–Trinajstić information content (AvgIpc) is 3.07. The molecule has 6 heteroatoms. The highest BCUT2D eigenvalue weighted by molar-refractivity contribution is 5.96. The summed E-state index contributed by atoms with van der Waals surface area (Å²) >= 11 is 0. The van der Waals surface area contributed by atoms with Crippen molar-refractivity contribution in [2.24, 2.45) is 10.8 Å². The fraction of sp³-hybridized carbons (Fsp3) is 0.500. The van der Waals surface area contributed by atoms with Crippen molar-refractivity contribution in [1.29, 1.82) is 0 Å². The Balaban J connectivity index is 1.87. The van der Waals surface area contributed by atoms with Crippen LogP contribution >= 0.6 is 0 Å². The molecule has 0 spiro atoms. The molecule has 1 saturated carbocycles. The summed E-state index contributed by atoms with van der Waals surface area (Å²) < 4.78 is 7.73. The Labute approximate surface area is 202 Å². The summed E-state index contributed by atoms with van der Waals surface area (Å²) in [4.78, 5) is 16.7. The first-order valence-electron chi connectivity index (χ1n) is 12.1. The van der Waals surface area contributed by atoms with Crippen molar-refractivity contribution in [2.45, 2.75) is 72.8 Å². The van der Waals surface area contributed by atoms with E-state index < -0.39 is 5.97 Å². The third-order valence-corrected chi connectivity index (χ3v) is 6.97. The van der Waals surface area contributed by atoms with Crippen LogP contribution in [-0.2, 0) is 0 Å². The topological polar surface area (TPSA) is 76.4 Å². The molecule has 0 amide bonds. The van der Waals surface area contributed by atoms with E-state index in [0.29, 0.717) is 17.2 Å². The van der Waals surface area contributed by atoms with Crippen LogP contribution < -0.4 is 10.1 Å². The van der Waals surface area contributed by atoms with Gasteiger partial charge in [-0.3, -0.25) is 0 Å². The monoisotopic (exact) mass is 463 g/mol. The Morgan fingerprint density at radius 3 is 2.26 bits per heavy atom. The fourth-order valence-electron chi connectivity index (χ4n) is 5.97. The molecule has 1 aliphatic carbocycles. The van der Waals surface area contributed by atoms with Gasteiger partial charge in [-0.15, -0.1) is 0 Å². The second kappa shape index (κ2) is 8.64. The highest BCUT2D eigenvalue weighted by atomic mass is 16.5. The number of carboxylic acids is 1. The van der Waals surface area contributed by atoms with Crippen molar-refractivity contribution in [3.63, 3.8) is 0 Å². The SMILES string of the molecule is COc1cc2c(cc1C(=O)O)nc(Nc1ccc(C(C)C)cc1)n2C1CC(C)(C)CC(C)(C)C1. The van der Waals surface area contributed by atoms with Crippen LogP contribution in [0, 0.1) is 10.8 Å². The van der Waals surface area contributed by atoms with Crippen molar-refractivity contribution in [1.82, 2.24) is 9.55 Å². The maximum atomic E-state index is 11.8. The number of carbonyl (C=O) groups is 1. The van der Waals surface area contributed by atoms with E-state index in [0.717, 1.165) is 36.4 Å². The van der Waals surface area contributed by atoms with E-state index in [9.17, 15) is 9.90 Å².